The van der Waals surface area contributed by atoms with E-state index in [1.165, 1.54) is 24.3 Å². The molecule has 0 aliphatic carbocycles. The predicted molar refractivity (Wildman–Crippen MR) is 101 cm³/mol. The van der Waals surface area contributed by atoms with Gasteiger partial charge in [0, 0.05) is 11.8 Å². The van der Waals surface area contributed by atoms with E-state index in [1.54, 1.807) is 6.20 Å². The van der Waals surface area contributed by atoms with E-state index in [0.29, 0.717) is 17.9 Å². The summed E-state index contributed by atoms with van der Waals surface area (Å²) in [5.74, 6) is 0.0616. The van der Waals surface area contributed by atoms with Crippen molar-refractivity contribution in [2.24, 2.45) is 0 Å². The third kappa shape index (κ3) is 3.69. The number of hydrogen-bond acceptors (Lipinski definition) is 3. The van der Waals surface area contributed by atoms with Crippen LogP contribution in [0.1, 0.15) is 21.7 Å². The van der Waals surface area contributed by atoms with Gasteiger partial charge in [0.1, 0.15) is 17.2 Å². The first-order valence-corrected chi connectivity index (χ1v) is 8.58. The van der Waals surface area contributed by atoms with Gasteiger partial charge in [0.2, 0.25) is 0 Å². The van der Waals surface area contributed by atoms with Crippen LogP contribution in [0.25, 0.3) is 11.2 Å². The third-order valence-corrected chi connectivity index (χ3v) is 4.28. The van der Waals surface area contributed by atoms with E-state index < -0.39 is 0 Å². The normalized spacial score (nSPS) is 10.9. The molecule has 27 heavy (non-hydrogen) atoms. The first-order valence-electron chi connectivity index (χ1n) is 8.58. The standard InChI is InChI=1S/C21H17FN4O/c22-17-10-8-16(9-11-17)21(27)24-13-19-25-18-7-4-12-23-20(18)26(19)14-15-5-2-1-3-6-15/h1-12H,13-14H2,(H,24,27). The Balaban J connectivity index is 1.60. The molecule has 0 radical (unpaired) electrons. The van der Waals surface area contributed by atoms with Crippen molar-refractivity contribution in [3.63, 3.8) is 0 Å². The Bertz CT molecular complexity index is 1070. The average molecular weight is 360 g/mol. The quantitative estimate of drug-likeness (QED) is 0.592. The second kappa shape index (κ2) is 7.37. The van der Waals surface area contributed by atoms with Gasteiger partial charge in [-0.2, -0.15) is 0 Å². The molecule has 0 unspecified atom stereocenters. The molecule has 2 heterocycles. The second-order valence-corrected chi connectivity index (χ2v) is 6.14. The fraction of sp³-hybridized carbons (Fsp3) is 0.0952. The first-order chi connectivity index (χ1) is 13.2. The lowest BCUT2D eigenvalue weighted by molar-refractivity contribution is 0.0949. The molecule has 0 bridgehead atoms. The number of hydrogen-bond donors (Lipinski definition) is 1. The van der Waals surface area contributed by atoms with E-state index in [-0.39, 0.29) is 18.3 Å². The lowest BCUT2D eigenvalue weighted by Gasteiger charge is -2.10. The number of nitrogens with one attached hydrogen (secondary N) is 1. The van der Waals surface area contributed by atoms with E-state index in [9.17, 15) is 9.18 Å². The van der Waals surface area contributed by atoms with E-state index in [0.717, 1.165) is 16.7 Å². The molecule has 2 aromatic carbocycles. The summed E-state index contributed by atoms with van der Waals surface area (Å²) < 4.78 is 15.0. The highest BCUT2D eigenvalue weighted by Gasteiger charge is 2.13. The second-order valence-electron chi connectivity index (χ2n) is 6.14. The van der Waals surface area contributed by atoms with Crippen molar-refractivity contribution in [2.45, 2.75) is 13.1 Å². The number of benzene rings is 2. The van der Waals surface area contributed by atoms with Crippen LogP contribution in [-0.4, -0.2) is 20.4 Å². The Kier molecular flexibility index (Phi) is 4.61. The van der Waals surface area contributed by atoms with E-state index >= 15 is 0 Å². The molecule has 0 aliphatic rings. The van der Waals surface area contributed by atoms with Gasteiger partial charge in [-0.05, 0) is 42.0 Å². The zero-order valence-corrected chi connectivity index (χ0v) is 14.5. The van der Waals surface area contributed by atoms with Crippen molar-refractivity contribution in [3.8, 4) is 0 Å². The Morgan fingerprint density at radius 2 is 1.78 bits per heavy atom. The van der Waals surface area contributed by atoms with Crippen molar-refractivity contribution in [2.75, 3.05) is 0 Å². The van der Waals surface area contributed by atoms with Crippen LogP contribution in [0, 0.1) is 5.82 Å². The van der Waals surface area contributed by atoms with Gasteiger partial charge in [-0.1, -0.05) is 30.3 Å². The number of carbonyl (C=O) groups excluding carboxylic acids is 1. The van der Waals surface area contributed by atoms with Gasteiger partial charge in [0.15, 0.2) is 5.65 Å². The zero-order chi connectivity index (χ0) is 18.6. The van der Waals surface area contributed by atoms with Crippen molar-refractivity contribution >= 4 is 17.1 Å². The fourth-order valence-corrected chi connectivity index (χ4v) is 2.94. The summed E-state index contributed by atoms with van der Waals surface area (Å²) in [4.78, 5) is 21.4. The molecule has 0 aliphatic heterocycles. The summed E-state index contributed by atoms with van der Waals surface area (Å²) in [6.07, 6.45) is 1.73. The summed E-state index contributed by atoms with van der Waals surface area (Å²) in [6, 6.07) is 19.2. The molecule has 0 saturated carbocycles. The van der Waals surface area contributed by atoms with E-state index in [2.05, 4.69) is 15.3 Å². The number of fused-ring (bicyclic) bond motifs is 1. The summed E-state index contributed by atoms with van der Waals surface area (Å²) >= 11 is 0. The van der Waals surface area contributed by atoms with Gasteiger partial charge in [0.25, 0.3) is 5.91 Å². The van der Waals surface area contributed by atoms with Crippen molar-refractivity contribution in [3.05, 3.63) is 95.7 Å². The Morgan fingerprint density at radius 3 is 2.56 bits per heavy atom. The molecule has 0 atom stereocenters. The number of amides is 1. The minimum Gasteiger partial charge on any atom is -0.345 e. The Hall–Kier alpha value is -3.54. The molecule has 0 spiro atoms. The minimum atomic E-state index is -0.373. The van der Waals surface area contributed by atoms with Crippen LogP contribution in [-0.2, 0) is 13.1 Å². The molecule has 1 amide bonds. The van der Waals surface area contributed by atoms with Gasteiger partial charge < -0.3 is 9.88 Å². The first kappa shape index (κ1) is 16.9. The summed E-state index contributed by atoms with van der Waals surface area (Å²) in [6.45, 7) is 0.857. The monoisotopic (exact) mass is 360 g/mol. The van der Waals surface area contributed by atoms with Crippen molar-refractivity contribution in [1.82, 2.24) is 19.9 Å². The number of aromatic nitrogens is 3. The molecular weight excluding hydrogens is 343 g/mol. The Labute approximate surface area is 155 Å². The van der Waals surface area contributed by atoms with Crippen LogP contribution < -0.4 is 5.32 Å². The SMILES string of the molecule is O=C(NCc1nc2cccnc2n1Cc1ccccc1)c1ccc(F)cc1. The molecule has 0 fully saturated rings. The smallest absolute Gasteiger partial charge is 0.251 e. The summed E-state index contributed by atoms with van der Waals surface area (Å²) in [5, 5.41) is 2.85. The van der Waals surface area contributed by atoms with E-state index in [1.807, 2.05) is 47.0 Å². The van der Waals surface area contributed by atoms with Crippen LogP contribution in [0.4, 0.5) is 4.39 Å². The van der Waals surface area contributed by atoms with Crippen molar-refractivity contribution < 1.29 is 9.18 Å². The summed E-state index contributed by atoms with van der Waals surface area (Å²) in [5.41, 5.74) is 3.07. The maximum atomic E-state index is 13.0. The number of rotatable bonds is 5. The molecule has 4 aromatic rings. The summed E-state index contributed by atoms with van der Waals surface area (Å²) in [7, 11) is 0. The van der Waals surface area contributed by atoms with Gasteiger partial charge in [-0.3, -0.25) is 4.79 Å². The van der Waals surface area contributed by atoms with Gasteiger partial charge in [0.05, 0.1) is 13.1 Å². The number of pyridine rings is 1. The molecule has 2 aromatic heterocycles. The largest absolute Gasteiger partial charge is 0.345 e. The molecule has 134 valence electrons. The van der Waals surface area contributed by atoms with Crippen LogP contribution in [0.2, 0.25) is 0 Å². The highest BCUT2D eigenvalue weighted by molar-refractivity contribution is 5.94. The number of imidazole rings is 1. The molecular formula is C21H17FN4O. The fourth-order valence-electron chi connectivity index (χ4n) is 2.94. The van der Waals surface area contributed by atoms with Crippen LogP contribution in [0.3, 0.4) is 0 Å². The predicted octanol–water partition coefficient (Wildman–Crippen LogP) is 3.55. The van der Waals surface area contributed by atoms with Gasteiger partial charge in [-0.15, -0.1) is 0 Å². The zero-order valence-electron chi connectivity index (χ0n) is 14.5. The van der Waals surface area contributed by atoms with Gasteiger partial charge in [-0.25, -0.2) is 14.4 Å². The van der Waals surface area contributed by atoms with Crippen LogP contribution in [0.15, 0.2) is 72.9 Å². The highest BCUT2D eigenvalue weighted by Crippen LogP contribution is 2.16. The number of nitrogens with zero attached hydrogens (tertiary/aromatic N) is 3. The molecule has 0 saturated heterocycles. The minimum absolute atomic E-state index is 0.249. The maximum Gasteiger partial charge on any atom is 0.251 e. The van der Waals surface area contributed by atoms with Crippen LogP contribution >= 0.6 is 0 Å². The van der Waals surface area contributed by atoms with Gasteiger partial charge >= 0.3 is 0 Å². The van der Waals surface area contributed by atoms with Crippen molar-refractivity contribution in [1.29, 1.82) is 0 Å². The number of carbonyl (C=O) groups is 1. The number of halogens is 1. The topological polar surface area (TPSA) is 59.8 Å². The third-order valence-electron chi connectivity index (χ3n) is 4.28. The lowest BCUT2D eigenvalue weighted by Crippen LogP contribution is -2.25. The molecule has 5 nitrogen and oxygen atoms in total. The van der Waals surface area contributed by atoms with E-state index in [4.69, 9.17) is 0 Å². The molecule has 4 rings (SSSR count). The molecule has 1 N–H and O–H groups in total. The average Bonchev–Trinajstić information content (AvgIpc) is 3.05. The molecule has 6 heteroatoms. The highest BCUT2D eigenvalue weighted by atomic mass is 19.1. The lowest BCUT2D eigenvalue weighted by atomic mass is 10.2. The Morgan fingerprint density at radius 1 is 1.00 bits per heavy atom. The maximum absolute atomic E-state index is 13.0. The van der Waals surface area contributed by atoms with Crippen LogP contribution in [0.5, 0.6) is 0 Å².